The highest BCUT2D eigenvalue weighted by Gasteiger charge is 2.30. The molecule has 1 N–H and O–H groups in total. The van der Waals surface area contributed by atoms with Crippen LogP contribution in [0.5, 0.6) is 0 Å². The number of hydrogen-bond donors (Lipinski definition) is 1. The third kappa shape index (κ3) is 7.67. The van der Waals surface area contributed by atoms with Gasteiger partial charge in [-0.2, -0.15) is 13.2 Å². The second-order valence-electron chi connectivity index (χ2n) is 2.99. The second kappa shape index (κ2) is 7.56. The molecule has 0 spiro atoms. The third-order valence-electron chi connectivity index (χ3n) is 1.84. The monoisotopic (exact) mass is 254 g/mol. The zero-order chi connectivity index (χ0) is 9.03. The van der Waals surface area contributed by atoms with Gasteiger partial charge in [0.2, 0.25) is 0 Å². The Hall–Kier alpha value is 0.290. The van der Waals surface area contributed by atoms with E-state index in [9.17, 15) is 13.2 Å². The molecule has 0 atom stereocenters. The van der Waals surface area contributed by atoms with Crippen LogP contribution in [0.2, 0.25) is 0 Å². The summed E-state index contributed by atoms with van der Waals surface area (Å²) in [5, 5.41) is 3.05. The number of halogens is 5. The molecule has 0 aromatic carbocycles. The highest BCUT2D eigenvalue weighted by atomic mass is 35.5. The number of alkyl halides is 3. The lowest BCUT2D eigenvalue weighted by Gasteiger charge is -2.20. The molecule has 1 heterocycles. The van der Waals surface area contributed by atoms with Crippen LogP contribution in [0.25, 0.3) is 0 Å². The minimum Gasteiger partial charge on any atom is -0.315 e. The topological polar surface area (TPSA) is 15.3 Å². The van der Waals surface area contributed by atoms with Crippen molar-refractivity contribution in [3.8, 4) is 0 Å². The van der Waals surface area contributed by atoms with Gasteiger partial charge < -0.3 is 5.32 Å². The average Bonchev–Trinajstić information content (AvgIpc) is 2.12. The summed E-state index contributed by atoms with van der Waals surface area (Å²) in [5.74, 6) is 0. The van der Waals surface area contributed by atoms with Crippen molar-refractivity contribution in [2.45, 2.75) is 12.6 Å². The Labute approximate surface area is 94.0 Å². The van der Waals surface area contributed by atoms with E-state index in [1.54, 1.807) is 0 Å². The molecule has 0 aromatic heterocycles. The van der Waals surface area contributed by atoms with E-state index in [0.29, 0.717) is 19.6 Å². The fourth-order valence-electron chi connectivity index (χ4n) is 1.31. The molecular weight excluding hydrogens is 240 g/mol. The van der Waals surface area contributed by atoms with Crippen LogP contribution in [0, 0.1) is 0 Å². The fourth-order valence-corrected chi connectivity index (χ4v) is 1.31. The van der Waals surface area contributed by atoms with Gasteiger partial charge >= 0.3 is 6.18 Å². The van der Waals surface area contributed by atoms with Crippen LogP contribution in [0.4, 0.5) is 13.2 Å². The lowest BCUT2D eigenvalue weighted by atomic mass is 10.4. The lowest BCUT2D eigenvalue weighted by Crippen LogP contribution is -2.36. The molecule has 0 radical (unpaired) electrons. The van der Waals surface area contributed by atoms with E-state index in [-0.39, 0.29) is 24.8 Å². The van der Waals surface area contributed by atoms with Crippen molar-refractivity contribution < 1.29 is 13.2 Å². The van der Waals surface area contributed by atoms with Crippen LogP contribution in [-0.2, 0) is 0 Å². The van der Waals surface area contributed by atoms with E-state index in [4.69, 9.17) is 0 Å². The normalized spacial score (nSPS) is 19.1. The molecule has 1 aliphatic rings. The molecule has 14 heavy (non-hydrogen) atoms. The maximum Gasteiger partial charge on any atom is 0.401 e. The maximum absolute atomic E-state index is 11.9. The van der Waals surface area contributed by atoms with E-state index in [0.717, 1.165) is 13.0 Å². The van der Waals surface area contributed by atoms with E-state index < -0.39 is 12.7 Å². The third-order valence-corrected chi connectivity index (χ3v) is 1.84. The average molecular weight is 255 g/mol. The first-order chi connectivity index (χ1) is 5.58. The molecule has 0 bridgehead atoms. The van der Waals surface area contributed by atoms with Gasteiger partial charge in [-0.1, -0.05) is 0 Å². The summed E-state index contributed by atoms with van der Waals surface area (Å²) in [6, 6.07) is 0. The van der Waals surface area contributed by atoms with Gasteiger partial charge in [-0.15, -0.1) is 24.8 Å². The van der Waals surface area contributed by atoms with Gasteiger partial charge in [-0.25, -0.2) is 0 Å². The Morgan fingerprint density at radius 3 is 2.29 bits per heavy atom. The standard InChI is InChI=1S/C7H13F3N2.2ClH/c8-7(9,10)6-12-4-1-2-11-3-5-12;;/h11H,1-6H2;2*1H. The molecule has 1 saturated heterocycles. The van der Waals surface area contributed by atoms with Gasteiger partial charge in [0.25, 0.3) is 0 Å². The van der Waals surface area contributed by atoms with Gasteiger partial charge in [-0.05, 0) is 19.5 Å². The van der Waals surface area contributed by atoms with E-state index in [1.165, 1.54) is 4.90 Å². The molecular formula is C7H15Cl2F3N2. The van der Waals surface area contributed by atoms with Crippen LogP contribution in [-0.4, -0.2) is 43.8 Å². The smallest absolute Gasteiger partial charge is 0.315 e. The van der Waals surface area contributed by atoms with Crippen LogP contribution in [0.3, 0.4) is 0 Å². The van der Waals surface area contributed by atoms with E-state index in [2.05, 4.69) is 5.32 Å². The summed E-state index contributed by atoms with van der Waals surface area (Å²) in [4.78, 5) is 1.44. The van der Waals surface area contributed by atoms with Crippen LogP contribution in [0.15, 0.2) is 0 Å². The zero-order valence-corrected chi connectivity index (χ0v) is 9.27. The molecule has 0 saturated carbocycles. The predicted molar refractivity (Wildman–Crippen MR) is 54.5 cm³/mol. The number of nitrogens with zero attached hydrogens (tertiary/aromatic N) is 1. The summed E-state index contributed by atoms with van der Waals surface area (Å²) < 4.78 is 35.7. The van der Waals surface area contributed by atoms with Crippen molar-refractivity contribution in [2.24, 2.45) is 0 Å². The molecule has 1 aliphatic heterocycles. The maximum atomic E-state index is 11.9. The van der Waals surface area contributed by atoms with E-state index >= 15 is 0 Å². The van der Waals surface area contributed by atoms with Gasteiger partial charge in [0.05, 0.1) is 6.54 Å². The summed E-state index contributed by atoms with van der Waals surface area (Å²) >= 11 is 0. The van der Waals surface area contributed by atoms with Gasteiger partial charge in [0, 0.05) is 13.1 Å². The molecule has 1 rings (SSSR count). The van der Waals surface area contributed by atoms with Crippen molar-refractivity contribution in [1.29, 1.82) is 0 Å². The molecule has 0 aromatic rings. The summed E-state index contributed by atoms with van der Waals surface area (Å²) in [5.41, 5.74) is 0. The van der Waals surface area contributed by atoms with Crippen LogP contribution < -0.4 is 5.32 Å². The van der Waals surface area contributed by atoms with Crippen molar-refractivity contribution in [3.63, 3.8) is 0 Å². The van der Waals surface area contributed by atoms with E-state index in [1.807, 2.05) is 0 Å². The van der Waals surface area contributed by atoms with Crippen molar-refractivity contribution in [1.82, 2.24) is 10.2 Å². The van der Waals surface area contributed by atoms with Crippen LogP contribution >= 0.6 is 24.8 Å². The zero-order valence-electron chi connectivity index (χ0n) is 7.64. The number of nitrogens with one attached hydrogen (secondary N) is 1. The van der Waals surface area contributed by atoms with Crippen molar-refractivity contribution >= 4 is 24.8 Å². The number of rotatable bonds is 1. The SMILES string of the molecule is Cl.Cl.FC(F)(F)CN1CCCNCC1. The quantitative estimate of drug-likeness (QED) is 0.767. The number of hydrogen-bond acceptors (Lipinski definition) is 2. The first-order valence-electron chi connectivity index (χ1n) is 4.08. The summed E-state index contributed by atoms with van der Waals surface area (Å²) in [6.07, 6.45) is -3.25. The minimum atomic E-state index is -4.05. The largest absolute Gasteiger partial charge is 0.401 e. The van der Waals surface area contributed by atoms with Gasteiger partial charge in [0.1, 0.15) is 0 Å². The Kier molecular flexibility index (Phi) is 9.03. The Balaban J connectivity index is 0. The molecule has 0 aliphatic carbocycles. The molecule has 0 amide bonds. The Bertz CT molecular complexity index is 135. The highest BCUT2D eigenvalue weighted by molar-refractivity contribution is 5.85. The van der Waals surface area contributed by atoms with Crippen LogP contribution in [0.1, 0.15) is 6.42 Å². The minimum absolute atomic E-state index is 0. The molecule has 0 unspecified atom stereocenters. The first-order valence-corrected chi connectivity index (χ1v) is 4.08. The fraction of sp³-hybridized carbons (Fsp3) is 1.00. The highest BCUT2D eigenvalue weighted by Crippen LogP contribution is 2.16. The molecule has 2 nitrogen and oxygen atoms in total. The first kappa shape index (κ1) is 16.7. The molecule has 7 heteroatoms. The Morgan fingerprint density at radius 2 is 1.71 bits per heavy atom. The molecule has 1 fully saturated rings. The predicted octanol–water partition coefficient (Wildman–Crippen LogP) is 1.69. The van der Waals surface area contributed by atoms with Gasteiger partial charge in [0.15, 0.2) is 0 Å². The van der Waals surface area contributed by atoms with Gasteiger partial charge in [-0.3, -0.25) is 4.90 Å². The van der Waals surface area contributed by atoms with Crippen molar-refractivity contribution in [2.75, 3.05) is 32.7 Å². The molecule has 88 valence electrons. The summed E-state index contributed by atoms with van der Waals surface area (Å²) in [7, 11) is 0. The summed E-state index contributed by atoms with van der Waals surface area (Å²) in [6.45, 7) is 1.77. The Morgan fingerprint density at radius 1 is 1.07 bits per heavy atom. The second-order valence-corrected chi connectivity index (χ2v) is 2.99. The van der Waals surface area contributed by atoms with Crippen molar-refractivity contribution in [3.05, 3.63) is 0 Å². The lowest BCUT2D eigenvalue weighted by molar-refractivity contribution is -0.145.